The average molecular weight is 541 g/mol. The third-order valence-corrected chi connectivity index (χ3v) is 13.6. The second-order valence-electron chi connectivity index (χ2n) is 10.5. The summed E-state index contributed by atoms with van der Waals surface area (Å²) in [5.74, 6) is -0.0172. The Balaban J connectivity index is 1.88. The first-order valence-electron chi connectivity index (χ1n) is 12.7. The van der Waals surface area contributed by atoms with Crippen LogP contribution < -0.4 is 10.4 Å². The molecular weight excluding hydrogens is 500 g/mol. The van der Waals surface area contributed by atoms with Gasteiger partial charge < -0.3 is 13.9 Å². The van der Waals surface area contributed by atoms with Crippen LogP contribution in [-0.2, 0) is 23.7 Å². The molecule has 0 aliphatic rings. The van der Waals surface area contributed by atoms with Crippen molar-refractivity contribution in [3.05, 3.63) is 91.0 Å². The lowest BCUT2D eigenvalue weighted by Crippen LogP contribution is -2.67. The molecule has 2 atom stereocenters. The highest BCUT2D eigenvalue weighted by molar-refractivity contribution is 7.91. The molecule has 5 nitrogen and oxygen atoms in total. The lowest BCUT2D eigenvalue weighted by atomic mass is 10.0. The summed E-state index contributed by atoms with van der Waals surface area (Å²) in [4.78, 5) is 0.347. The van der Waals surface area contributed by atoms with Crippen molar-refractivity contribution in [2.75, 3.05) is 26.3 Å². The Labute approximate surface area is 223 Å². The Morgan fingerprint density at radius 2 is 1.30 bits per heavy atom. The molecule has 0 fully saturated rings. The van der Waals surface area contributed by atoms with Gasteiger partial charge in [0.15, 0.2) is 9.84 Å². The second kappa shape index (κ2) is 13.0. The van der Waals surface area contributed by atoms with Gasteiger partial charge in [-0.05, 0) is 39.9 Å². The molecule has 200 valence electrons. The molecule has 0 aliphatic heterocycles. The Kier molecular flexibility index (Phi) is 10.3. The molecule has 0 heterocycles. The van der Waals surface area contributed by atoms with Crippen molar-refractivity contribution in [1.29, 1.82) is 0 Å². The zero-order valence-corrected chi connectivity index (χ0v) is 24.4. The molecule has 0 spiro atoms. The Hall–Kier alpha value is -2.29. The summed E-state index contributed by atoms with van der Waals surface area (Å²) in [6.07, 6.45) is 0.128. The van der Waals surface area contributed by atoms with Gasteiger partial charge in [-0.1, -0.05) is 107 Å². The van der Waals surface area contributed by atoms with Gasteiger partial charge in [0.1, 0.15) is 6.79 Å². The van der Waals surface area contributed by atoms with Gasteiger partial charge in [0.05, 0.1) is 23.4 Å². The standard InChI is InChI=1S/C30H40O5SSi/c1-25(21-22-36(31,32)26-15-9-6-10-16-26)29(34-24-33-5)23-35-37(30(2,3)4,27-17-11-7-12-18-27)28-19-13-8-14-20-28/h6-20,25,29H,21-24H2,1-5H3/t25-,29+/m0/s1. The molecular formula is C30H40O5SSi. The Morgan fingerprint density at radius 3 is 1.76 bits per heavy atom. The minimum absolute atomic E-state index is 0.0459. The van der Waals surface area contributed by atoms with Crippen molar-refractivity contribution in [3.63, 3.8) is 0 Å². The molecule has 0 bridgehead atoms. The highest BCUT2D eigenvalue weighted by atomic mass is 32.2. The summed E-state index contributed by atoms with van der Waals surface area (Å²) in [5, 5.41) is 2.22. The van der Waals surface area contributed by atoms with Crippen molar-refractivity contribution in [2.24, 2.45) is 5.92 Å². The van der Waals surface area contributed by atoms with Crippen molar-refractivity contribution < 1.29 is 22.3 Å². The van der Waals surface area contributed by atoms with Crippen LogP contribution in [0.3, 0.4) is 0 Å². The first-order valence-corrected chi connectivity index (χ1v) is 16.3. The third-order valence-electron chi connectivity index (χ3n) is 6.86. The minimum atomic E-state index is -3.38. The van der Waals surface area contributed by atoms with Gasteiger partial charge in [-0.25, -0.2) is 8.42 Å². The van der Waals surface area contributed by atoms with E-state index in [4.69, 9.17) is 13.9 Å². The molecule has 3 aromatic rings. The predicted molar refractivity (Wildman–Crippen MR) is 153 cm³/mol. The van der Waals surface area contributed by atoms with Gasteiger partial charge >= 0.3 is 0 Å². The van der Waals surface area contributed by atoms with Gasteiger partial charge in [0, 0.05) is 7.11 Å². The molecule has 0 aromatic heterocycles. The molecule has 0 unspecified atom stereocenters. The van der Waals surface area contributed by atoms with Gasteiger partial charge in [-0.2, -0.15) is 0 Å². The van der Waals surface area contributed by atoms with Crippen LogP contribution in [0.4, 0.5) is 0 Å². The molecule has 0 saturated heterocycles. The highest BCUT2D eigenvalue weighted by Crippen LogP contribution is 2.37. The summed E-state index contributed by atoms with van der Waals surface area (Å²) in [7, 11) is -4.54. The molecule has 0 amide bonds. The smallest absolute Gasteiger partial charge is 0.261 e. The number of hydrogen-bond donors (Lipinski definition) is 0. The molecule has 3 aromatic carbocycles. The van der Waals surface area contributed by atoms with Gasteiger partial charge in [-0.15, -0.1) is 0 Å². The van der Waals surface area contributed by atoms with E-state index in [9.17, 15) is 8.42 Å². The highest BCUT2D eigenvalue weighted by Gasteiger charge is 2.50. The lowest BCUT2D eigenvalue weighted by molar-refractivity contribution is -0.103. The van der Waals surface area contributed by atoms with Crippen molar-refractivity contribution >= 4 is 28.5 Å². The maximum Gasteiger partial charge on any atom is 0.261 e. The normalized spacial score (nSPS) is 14.3. The third kappa shape index (κ3) is 7.18. The maximum atomic E-state index is 12.9. The summed E-state index contributed by atoms with van der Waals surface area (Å²) in [6.45, 7) is 9.18. The molecule has 37 heavy (non-hydrogen) atoms. The van der Waals surface area contributed by atoms with Crippen LogP contribution in [0.15, 0.2) is 95.9 Å². The van der Waals surface area contributed by atoms with Gasteiger partial charge in [0.25, 0.3) is 8.32 Å². The number of sulfone groups is 1. The van der Waals surface area contributed by atoms with Gasteiger partial charge in [0.2, 0.25) is 0 Å². The van der Waals surface area contributed by atoms with E-state index < -0.39 is 18.2 Å². The van der Waals surface area contributed by atoms with Crippen molar-refractivity contribution in [1.82, 2.24) is 0 Å². The van der Waals surface area contributed by atoms with E-state index in [1.807, 2.05) is 25.1 Å². The molecule has 0 N–H and O–H groups in total. The summed E-state index contributed by atoms with van der Waals surface area (Å²) < 4.78 is 44.2. The predicted octanol–water partition coefficient (Wildman–Crippen LogP) is 5.05. The number of ether oxygens (including phenoxy) is 2. The molecule has 3 rings (SSSR count). The van der Waals surface area contributed by atoms with Crippen LogP contribution in [-0.4, -0.2) is 49.1 Å². The zero-order chi connectivity index (χ0) is 26.9. The van der Waals surface area contributed by atoms with Crippen LogP contribution in [0.5, 0.6) is 0 Å². The monoisotopic (exact) mass is 540 g/mol. The van der Waals surface area contributed by atoms with Gasteiger partial charge in [-0.3, -0.25) is 0 Å². The number of rotatable bonds is 13. The molecule has 0 radical (unpaired) electrons. The van der Waals surface area contributed by atoms with Crippen LogP contribution >= 0.6 is 0 Å². The second-order valence-corrected chi connectivity index (χ2v) is 16.9. The SMILES string of the molecule is COCO[C@H](CO[Si](c1ccccc1)(c1ccccc1)C(C)(C)C)[C@@H](C)CCS(=O)(=O)c1ccccc1. The van der Waals surface area contributed by atoms with Crippen molar-refractivity contribution in [2.45, 2.75) is 50.2 Å². The van der Waals surface area contributed by atoms with Crippen molar-refractivity contribution in [3.8, 4) is 0 Å². The fraction of sp³-hybridized carbons (Fsp3) is 0.400. The minimum Gasteiger partial charge on any atom is -0.405 e. The van der Waals surface area contributed by atoms with Crippen LogP contribution in [0.1, 0.15) is 34.1 Å². The zero-order valence-electron chi connectivity index (χ0n) is 22.6. The average Bonchev–Trinajstić information content (AvgIpc) is 2.90. The quantitative estimate of drug-likeness (QED) is 0.224. The van der Waals surface area contributed by atoms with E-state index in [1.165, 1.54) is 10.4 Å². The first kappa shape index (κ1) is 29.3. The lowest BCUT2D eigenvalue weighted by Gasteiger charge is -2.44. The van der Waals surface area contributed by atoms with E-state index in [0.717, 1.165) is 0 Å². The fourth-order valence-corrected chi connectivity index (χ4v) is 10.8. The summed E-state index contributed by atoms with van der Waals surface area (Å²) >= 11 is 0. The number of benzene rings is 3. The maximum absolute atomic E-state index is 12.9. The van der Waals surface area contributed by atoms with E-state index in [0.29, 0.717) is 17.9 Å². The van der Waals surface area contributed by atoms with E-state index in [2.05, 4.69) is 69.3 Å². The largest absolute Gasteiger partial charge is 0.405 e. The first-order chi connectivity index (χ1) is 17.6. The van der Waals surface area contributed by atoms with Crippen LogP contribution in [0, 0.1) is 5.92 Å². The number of methoxy groups -OCH3 is 1. The van der Waals surface area contributed by atoms with E-state index >= 15 is 0 Å². The molecule has 0 aliphatic carbocycles. The topological polar surface area (TPSA) is 61.8 Å². The van der Waals surface area contributed by atoms with Crippen LogP contribution in [0.2, 0.25) is 5.04 Å². The summed E-state index contributed by atoms with van der Waals surface area (Å²) in [6, 6.07) is 29.5. The molecule has 7 heteroatoms. The Bertz CT molecular complexity index is 1140. The Morgan fingerprint density at radius 1 is 0.811 bits per heavy atom. The number of hydrogen-bond acceptors (Lipinski definition) is 5. The summed E-state index contributed by atoms with van der Waals surface area (Å²) in [5.41, 5.74) is 0. The van der Waals surface area contributed by atoms with E-state index in [1.54, 1.807) is 31.4 Å². The fourth-order valence-electron chi connectivity index (χ4n) is 4.77. The van der Waals surface area contributed by atoms with E-state index in [-0.39, 0.29) is 29.6 Å². The molecule has 0 saturated carbocycles. The van der Waals surface area contributed by atoms with Crippen LogP contribution in [0.25, 0.3) is 0 Å².